The van der Waals surface area contributed by atoms with Crippen molar-refractivity contribution >= 4 is 69.3 Å². The van der Waals surface area contributed by atoms with Crippen LogP contribution in [-0.4, -0.2) is 79.2 Å². The van der Waals surface area contributed by atoms with Gasteiger partial charge in [-0.15, -0.1) is 0 Å². The Hall–Kier alpha value is -3.81. The number of carbonyl (C=O) groups excluding carboxylic acids is 4. The number of aryl methyl sites for hydroxylation is 2. The van der Waals surface area contributed by atoms with Gasteiger partial charge in [0.1, 0.15) is 19.0 Å². The van der Waals surface area contributed by atoms with Crippen molar-refractivity contribution in [1.82, 2.24) is 10.6 Å². The molecule has 6 rings (SSSR count). The lowest BCUT2D eigenvalue weighted by Crippen LogP contribution is -2.46. The largest absolute Gasteiger partial charge is 0.513 e. The molecular formula is C42H53Cl3N2O10. The van der Waals surface area contributed by atoms with Gasteiger partial charge in [0.2, 0.25) is 0 Å². The van der Waals surface area contributed by atoms with Gasteiger partial charge in [-0.25, -0.2) is 9.59 Å². The minimum atomic E-state index is -0.836. The van der Waals surface area contributed by atoms with Gasteiger partial charge in [-0.05, 0) is 77.6 Å². The predicted octanol–water partition coefficient (Wildman–Crippen LogP) is 9.53. The Morgan fingerprint density at radius 2 is 1.14 bits per heavy atom. The summed E-state index contributed by atoms with van der Waals surface area (Å²) in [6, 6.07) is 11.0. The van der Waals surface area contributed by atoms with Crippen LogP contribution in [0.4, 0.5) is 9.59 Å². The molecule has 2 aromatic rings. The fourth-order valence-corrected chi connectivity index (χ4v) is 7.96. The summed E-state index contributed by atoms with van der Waals surface area (Å²) in [5.74, 6) is 0.0178. The molecule has 0 atom stereocenters. The van der Waals surface area contributed by atoms with Crippen LogP contribution in [0.2, 0.25) is 10.0 Å². The molecule has 57 heavy (non-hydrogen) atoms. The first-order valence-electron chi connectivity index (χ1n) is 19.5. The van der Waals surface area contributed by atoms with Crippen LogP contribution < -0.4 is 10.6 Å². The molecule has 2 aromatic carbocycles. The van der Waals surface area contributed by atoms with Crippen LogP contribution in [0.5, 0.6) is 0 Å². The molecule has 2 aliphatic carbocycles. The SMILES string of the molecule is CCOCCOC(=O)Cl.CCOCCOC(=O)OC1=C(c2cc(C)ccc2Cl)C(=O)NC12CCCCC2.Cc1ccc(Cl)c(C2=C(O)C3(CCCCC3)NC2=O)c1. The summed E-state index contributed by atoms with van der Waals surface area (Å²) in [5, 5.41) is 17.6. The number of nitrogens with one attached hydrogen (secondary N) is 2. The maximum Gasteiger partial charge on any atom is 0.513 e. The molecule has 0 unspecified atom stereocenters. The normalized spacial score (nSPS) is 17.9. The highest BCUT2D eigenvalue weighted by Crippen LogP contribution is 2.45. The van der Waals surface area contributed by atoms with Crippen molar-refractivity contribution in [2.24, 2.45) is 0 Å². The number of rotatable bonds is 11. The molecule has 2 aliphatic heterocycles. The van der Waals surface area contributed by atoms with Crippen LogP contribution in [0.15, 0.2) is 47.9 Å². The van der Waals surface area contributed by atoms with Crippen molar-refractivity contribution in [3.63, 3.8) is 0 Å². The maximum absolute atomic E-state index is 12.9. The average Bonchev–Trinajstić information content (AvgIpc) is 3.57. The number of aliphatic hydroxyl groups excluding tert-OH is 1. The van der Waals surface area contributed by atoms with Crippen molar-refractivity contribution < 1.29 is 48.0 Å². The topological polar surface area (TPSA) is 159 Å². The third-order valence-corrected chi connectivity index (χ3v) is 11.0. The summed E-state index contributed by atoms with van der Waals surface area (Å²) in [6.45, 7) is 9.80. The molecule has 312 valence electrons. The third kappa shape index (κ3) is 12.1. The number of halogens is 3. The molecule has 12 nitrogen and oxygen atoms in total. The molecule has 0 radical (unpaired) electrons. The zero-order chi connectivity index (χ0) is 41.6. The first-order valence-corrected chi connectivity index (χ1v) is 20.6. The van der Waals surface area contributed by atoms with Crippen LogP contribution in [0.3, 0.4) is 0 Å². The summed E-state index contributed by atoms with van der Waals surface area (Å²) >= 11 is 17.4. The summed E-state index contributed by atoms with van der Waals surface area (Å²) in [7, 11) is 0. The van der Waals surface area contributed by atoms with Crippen LogP contribution in [0.1, 0.15) is 100 Å². The molecular weight excluding hydrogens is 799 g/mol. The van der Waals surface area contributed by atoms with E-state index in [9.17, 15) is 24.3 Å². The van der Waals surface area contributed by atoms with E-state index in [1.54, 1.807) is 12.1 Å². The zero-order valence-electron chi connectivity index (χ0n) is 33.0. The fourth-order valence-electron chi connectivity index (χ4n) is 7.46. The van der Waals surface area contributed by atoms with Gasteiger partial charge in [-0.2, -0.15) is 0 Å². The highest BCUT2D eigenvalue weighted by Gasteiger charge is 2.49. The number of benzene rings is 2. The lowest BCUT2D eigenvalue weighted by Gasteiger charge is -2.34. The van der Waals surface area contributed by atoms with Crippen molar-refractivity contribution in [2.75, 3.05) is 39.6 Å². The van der Waals surface area contributed by atoms with Gasteiger partial charge in [-0.3, -0.25) is 9.59 Å². The van der Waals surface area contributed by atoms with Crippen LogP contribution in [-0.2, 0) is 33.3 Å². The lowest BCUT2D eigenvalue weighted by molar-refractivity contribution is -0.117. The van der Waals surface area contributed by atoms with Crippen molar-refractivity contribution in [3.05, 3.63) is 80.2 Å². The number of amides is 2. The first-order chi connectivity index (χ1) is 27.3. The Kier molecular flexibility index (Phi) is 17.6. The molecule has 4 aliphatic rings. The molecule has 2 saturated carbocycles. The maximum atomic E-state index is 12.9. The first kappa shape index (κ1) is 45.9. The Morgan fingerprint density at radius 1 is 0.684 bits per heavy atom. The molecule has 2 heterocycles. The van der Waals surface area contributed by atoms with Gasteiger partial charge >= 0.3 is 11.6 Å². The second-order valence-electron chi connectivity index (χ2n) is 14.3. The highest BCUT2D eigenvalue weighted by molar-refractivity contribution is 6.61. The molecule has 0 aromatic heterocycles. The number of carbonyl (C=O) groups is 4. The Morgan fingerprint density at radius 3 is 1.65 bits per heavy atom. The molecule has 0 bridgehead atoms. The minimum absolute atomic E-state index is 0.0921. The highest BCUT2D eigenvalue weighted by atomic mass is 35.5. The Bertz CT molecular complexity index is 1820. The number of aliphatic hydroxyl groups is 1. The van der Waals surface area contributed by atoms with E-state index in [2.05, 4.69) is 15.4 Å². The van der Waals surface area contributed by atoms with Crippen LogP contribution >= 0.6 is 34.8 Å². The molecule has 2 spiro atoms. The van der Waals surface area contributed by atoms with E-state index >= 15 is 0 Å². The molecule has 0 saturated heterocycles. The summed E-state index contributed by atoms with van der Waals surface area (Å²) in [4.78, 5) is 47.5. The molecule has 15 heteroatoms. The standard InChI is InChI=1S/C21H26ClNO5.C16H18ClNO2.C5H9ClO3/c1-3-26-11-12-27-20(25)28-18-17(15-13-14(2)7-8-16(15)22)19(24)23-21(18)9-5-4-6-10-21;1-10-5-6-12(17)11(9-10)13-14(19)16(18-15(13)20)7-3-2-4-8-16;1-2-8-3-4-9-5(6)7/h7-8,13H,3-6,9-12H2,1-2H3,(H,23,24);5-6,9,19H,2-4,7-8H2,1H3,(H,18,20);2-4H2,1H3. The summed E-state index contributed by atoms with van der Waals surface area (Å²) < 4.78 is 25.1. The molecule has 2 fully saturated rings. The lowest BCUT2D eigenvalue weighted by atomic mass is 9.80. The van der Waals surface area contributed by atoms with Crippen molar-refractivity contribution in [2.45, 2.75) is 103 Å². The van der Waals surface area contributed by atoms with Crippen molar-refractivity contribution in [1.29, 1.82) is 0 Å². The number of hydrogen-bond donors (Lipinski definition) is 3. The predicted molar refractivity (Wildman–Crippen MR) is 219 cm³/mol. The second kappa shape index (κ2) is 21.8. The van der Waals surface area contributed by atoms with E-state index in [0.717, 1.165) is 62.5 Å². The summed E-state index contributed by atoms with van der Waals surface area (Å²) in [5.41, 5.74) is 1.81. The van der Waals surface area contributed by atoms with E-state index in [1.807, 2.05) is 52.0 Å². The smallest absolute Gasteiger partial charge is 0.509 e. The van der Waals surface area contributed by atoms with Gasteiger partial charge in [0.05, 0.1) is 35.4 Å². The van der Waals surface area contributed by atoms with E-state index in [-0.39, 0.29) is 30.8 Å². The van der Waals surface area contributed by atoms with Gasteiger partial charge in [0.15, 0.2) is 5.76 Å². The Labute approximate surface area is 349 Å². The monoisotopic (exact) mass is 850 g/mol. The van der Waals surface area contributed by atoms with Gasteiger partial charge in [0.25, 0.3) is 11.8 Å². The number of ether oxygens (including phenoxy) is 5. The number of hydrogen-bond acceptors (Lipinski definition) is 10. The average molecular weight is 852 g/mol. The molecule has 3 N–H and O–H groups in total. The Balaban J connectivity index is 0.000000215. The fraction of sp³-hybridized carbons (Fsp3) is 0.524. The van der Waals surface area contributed by atoms with Crippen LogP contribution in [0.25, 0.3) is 11.1 Å². The zero-order valence-corrected chi connectivity index (χ0v) is 35.3. The van der Waals surface area contributed by atoms with Gasteiger partial charge in [0, 0.05) is 46.0 Å². The van der Waals surface area contributed by atoms with E-state index in [4.69, 9.17) is 53.8 Å². The van der Waals surface area contributed by atoms with E-state index in [0.29, 0.717) is 77.3 Å². The van der Waals surface area contributed by atoms with E-state index < -0.39 is 22.7 Å². The van der Waals surface area contributed by atoms with Gasteiger partial charge in [-0.1, -0.05) is 85.0 Å². The summed E-state index contributed by atoms with van der Waals surface area (Å²) in [6.07, 6.45) is 8.39. The van der Waals surface area contributed by atoms with Crippen LogP contribution in [0, 0.1) is 13.8 Å². The second-order valence-corrected chi connectivity index (χ2v) is 15.4. The van der Waals surface area contributed by atoms with Crippen molar-refractivity contribution in [3.8, 4) is 0 Å². The van der Waals surface area contributed by atoms with E-state index in [1.165, 1.54) is 0 Å². The third-order valence-electron chi connectivity index (χ3n) is 10.2. The molecule has 2 amide bonds. The minimum Gasteiger partial charge on any atom is -0.509 e. The quantitative estimate of drug-likeness (QED) is 0.113. The van der Waals surface area contributed by atoms with Gasteiger partial charge < -0.3 is 39.4 Å².